The zero-order valence-corrected chi connectivity index (χ0v) is 12.2. The fourth-order valence-corrected chi connectivity index (χ4v) is 2.77. The Morgan fingerprint density at radius 2 is 2.11 bits per heavy atom. The lowest BCUT2D eigenvalue weighted by Gasteiger charge is -2.25. The van der Waals surface area contributed by atoms with Gasteiger partial charge in [-0.05, 0) is 31.5 Å². The second kappa shape index (κ2) is 7.04. The monoisotopic (exact) mass is 263 g/mol. The fourth-order valence-electron chi connectivity index (χ4n) is 2.77. The van der Waals surface area contributed by atoms with Gasteiger partial charge in [-0.3, -0.25) is 0 Å². The van der Waals surface area contributed by atoms with Crippen molar-refractivity contribution in [3.63, 3.8) is 0 Å². The largest absolute Gasteiger partial charge is 0.379 e. The van der Waals surface area contributed by atoms with Gasteiger partial charge in [-0.1, -0.05) is 31.2 Å². The van der Waals surface area contributed by atoms with Gasteiger partial charge in [0.2, 0.25) is 0 Å². The van der Waals surface area contributed by atoms with Crippen LogP contribution in [0.2, 0.25) is 0 Å². The summed E-state index contributed by atoms with van der Waals surface area (Å²) >= 11 is 0. The number of hydrogen-bond donors (Lipinski definition) is 1. The molecule has 2 rings (SSSR count). The normalized spacial score (nSPS) is 23.3. The Hall–Kier alpha value is -0.900. The standard InChI is InChI=1S/C16H25NO2/c1-4-17-16-14-9-7-6-8-13(14)10-15(16)19-12(3)11-18-5-2/h6-9,12,15-17H,4-5,10-11H2,1-3H3. The molecule has 3 unspecified atom stereocenters. The first-order chi connectivity index (χ1) is 9.26. The molecule has 1 aromatic carbocycles. The molecule has 1 aliphatic carbocycles. The summed E-state index contributed by atoms with van der Waals surface area (Å²) in [6, 6.07) is 8.93. The molecule has 1 aromatic rings. The summed E-state index contributed by atoms with van der Waals surface area (Å²) in [4.78, 5) is 0. The summed E-state index contributed by atoms with van der Waals surface area (Å²) in [5, 5.41) is 3.55. The SMILES string of the molecule is CCNC1c2ccccc2CC1OC(C)COCC. The van der Waals surface area contributed by atoms with E-state index < -0.39 is 0 Å². The lowest BCUT2D eigenvalue weighted by molar-refractivity contribution is -0.0550. The third-order valence-corrected chi connectivity index (χ3v) is 3.57. The fraction of sp³-hybridized carbons (Fsp3) is 0.625. The summed E-state index contributed by atoms with van der Waals surface area (Å²) in [6.45, 7) is 8.61. The van der Waals surface area contributed by atoms with Gasteiger partial charge in [0.15, 0.2) is 0 Å². The van der Waals surface area contributed by atoms with E-state index in [-0.39, 0.29) is 12.2 Å². The first-order valence-electron chi connectivity index (χ1n) is 7.30. The molecule has 0 spiro atoms. The van der Waals surface area contributed by atoms with Gasteiger partial charge in [-0.25, -0.2) is 0 Å². The maximum absolute atomic E-state index is 6.17. The van der Waals surface area contributed by atoms with E-state index in [0.717, 1.165) is 19.6 Å². The van der Waals surface area contributed by atoms with Crippen LogP contribution in [0.4, 0.5) is 0 Å². The summed E-state index contributed by atoms with van der Waals surface area (Å²) in [5.41, 5.74) is 2.79. The van der Waals surface area contributed by atoms with Crippen molar-refractivity contribution in [2.24, 2.45) is 0 Å². The first kappa shape index (κ1) is 14.5. The van der Waals surface area contributed by atoms with E-state index in [0.29, 0.717) is 12.6 Å². The average molecular weight is 263 g/mol. The topological polar surface area (TPSA) is 30.5 Å². The predicted octanol–water partition coefficient (Wildman–Crippen LogP) is 2.70. The van der Waals surface area contributed by atoms with Crippen molar-refractivity contribution in [3.8, 4) is 0 Å². The van der Waals surface area contributed by atoms with Crippen LogP contribution >= 0.6 is 0 Å². The molecule has 1 N–H and O–H groups in total. The molecule has 19 heavy (non-hydrogen) atoms. The van der Waals surface area contributed by atoms with Crippen molar-refractivity contribution in [2.75, 3.05) is 19.8 Å². The number of hydrogen-bond acceptors (Lipinski definition) is 3. The van der Waals surface area contributed by atoms with Crippen molar-refractivity contribution in [3.05, 3.63) is 35.4 Å². The number of rotatable bonds is 7. The van der Waals surface area contributed by atoms with Crippen molar-refractivity contribution in [1.29, 1.82) is 0 Å². The molecule has 3 heteroatoms. The second-order valence-electron chi connectivity index (χ2n) is 5.08. The molecule has 0 saturated heterocycles. The zero-order valence-electron chi connectivity index (χ0n) is 12.2. The summed E-state index contributed by atoms with van der Waals surface area (Å²) in [6.07, 6.45) is 1.35. The number of likely N-dealkylation sites (N-methyl/N-ethyl adjacent to an activating group) is 1. The van der Waals surface area contributed by atoms with Gasteiger partial charge < -0.3 is 14.8 Å². The van der Waals surface area contributed by atoms with Crippen LogP contribution in [0.25, 0.3) is 0 Å². The Bertz CT molecular complexity index is 394. The second-order valence-corrected chi connectivity index (χ2v) is 5.08. The maximum atomic E-state index is 6.17. The van der Waals surface area contributed by atoms with Gasteiger partial charge in [0.05, 0.1) is 24.9 Å². The third kappa shape index (κ3) is 3.56. The smallest absolute Gasteiger partial charge is 0.0814 e. The Morgan fingerprint density at radius 3 is 2.84 bits per heavy atom. The summed E-state index contributed by atoms with van der Waals surface area (Å²) < 4.78 is 11.6. The molecule has 0 aliphatic heterocycles. The molecule has 0 bridgehead atoms. The van der Waals surface area contributed by atoms with E-state index in [1.54, 1.807) is 0 Å². The van der Waals surface area contributed by atoms with E-state index >= 15 is 0 Å². The molecule has 1 aliphatic rings. The van der Waals surface area contributed by atoms with Crippen LogP contribution < -0.4 is 5.32 Å². The first-order valence-corrected chi connectivity index (χ1v) is 7.30. The van der Waals surface area contributed by atoms with Crippen LogP contribution in [0, 0.1) is 0 Å². The van der Waals surface area contributed by atoms with Crippen LogP contribution in [0.5, 0.6) is 0 Å². The van der Waals surface area contributed by atoms with Crippen LogP contribution in [-0.2, 0) is 15.9 Å². The maximum Gasteiger partial charge on any atom is 0.0814 e. The number of nitrogens with one attached hydrogen (secondary N) is 1. The highest BCUT2D eigenvalue weighted by Gasteiger charge is 2.33. The molecule has 0 saturated carbocycles. The molecular weight excluding hydrogens is 238 g/mol. The molecule has 0 fully saturated rings. The summed E-state index contributed by atoms with van der Waals surface area (Å²) in [7, 11) is 0. The van der Waals surface area contributed by atoms with Gasteiger partial charge in [0.1, 0.15) is 0 Å². The number of fused-ring (bicyclic) bond motifs is 1. The minimum absolute atomic E-state index is 0.139. The van der Waals surface area contributed by atoms with Crippen LogP contribution in [0.15, 0.2) is 24.3 Å². The van der Waals surface area contributed by atoms with Gasteiger partial charge >= 0.3 is 0 Å². The molecule has 0 radical (unpaired) electrons. The van der Waals surface area contributed by atoms with Crippen molar-refractivity contribution < 1.29 is 9.47 Å². The van der Waals surface area contributed by atoms with E-state index in [1.165, 1.54) is 11.1 Å². The van der Waals surface area contributed by atoms with E-state index in [9.17, 15) is 0 Å². The van der Waals surface area contributed by atoms with Gasteiger partial charge in [-0.15, -0.1) is 0 Å². The molecule has 0 aromatic heterocycles. The lowest BCUT2D eigenvalue weighted by Crippen LogP contribution is -2.34. The highest BCUT2D eigenvalue weighted by Crippen LogP contribution is 2.33. The Kier molecular flexibility index (Phi) is 5.37. The highest BCUT2D eigenvalue weighted by molar-refractivity contribution is 5.36. The molecule has 3 nitrogen and oxygen atoms in total. The van der Waals surface area contributed by atoms with Gasteiger partial charge in [-0.2, -0.15) is 0 Å². The van der Waals surface area contributed by atoms with Crippen LogP contribution in [-0.4, -0.2) is 32.0 Å². The van der Waals surface area contributed by atoms with E-state index in [4.69, 9.17) is 9.47 Å². The average Bonchev–Trinajstić information content (AvgIpc) is 2.75. The third-order valence-electron chi connectivity index (χ3n) is 3.57. The predicted molar refractivity (Wildman–Crippen MR) is 77.4 cm³/mol. The Balaban J connectivity index is 2.01. The molecule has 0 amide bonds. The van der Waals surface area contributed by atoms with Crippen LogP contribution in [0.1, 0.15) is 37.9 Å². The van der Waals surface area contributed by atoms with Crippen LogP contribution in [0.3, 0.4) is 0 Å². The minimum atomic E-state index is 0.139. The van der Waals surface area contributed by atoms with Crippen molar-refractivity contribution in [1.82, 2.24) is 5.32 Å². The molecule has 0 heterocycles. The molecule has 106 valence electrons. The quantitative estimate of drug-likeness (QED) is 0.820. The molecule has 3 atom stereocenters. The highest BCUT2D eigenvalue weighted by atomic mass is 16.5. The number of benzene rings is 1. The van der Waals surface area contributed by atoms with E-state index in [2.05, 4.69) is 43.4 Å². The molecular formula is C16H25NO2. The lowest BCUT2D eigenvalue weighted by atomic mass is 10.1. The van der Waals surface area contributed by atoms with E-state index in [1.807, 2.05) is 6.92 Å². The van der Waals surface area contributed by atoms with Crippen molar-refractivity contribution in [2.45, 2.75) is 45.4 Å². The minimum Gasteiger partial charge on any atom is -0.379 e. The Labute approximate surface area is 116 Å². The van der Waals surface area contributed by atoms with Gasteiger partial charge in [0.25, 0.3) is 0 Å². The van der Waals surface area contributed by atoms with Gasteiger partial charge in [0, 0.05) is 13.0 Å². The Morgan fingerprint density at radius 1 is 1.32 bits per heavy atom. The number of ether oxygens (including phenoxy) is 2. The zero-order chi connectivity index (χ0) is 13.7. The summed E-state index contributed by atoms with van der Waals surface area (Å²) in [5.74, 6) is 0. The van der Waals surface area contributed by atoms with Crippen molar-refractivity contribution >= 4 is 0 Å².